The summed E-state index contributed by atoms with van der Waals surface area (Å²) < 4.78 is 1.76. The van der Waals surface area contributed by atoms with Crippen molar-refractivity contribution in [3.63, 3.8) is 0 Å². The van der Waals surface area contributed by atoms with Gasteiger partial charge >= 0.3 is 0 Å². The molecule has 18 heavy (non-hydrogen) atoms. The number of benzene rings is 1. The zero-order valence-electron chi connectivity index (χ0n) is 10.7. The van der Waals surface area contributed by atoms with Crippen LogP contribution >= 0.6 is 11.6 Å². The van der Waals surface area contributed by atoms with E-state index in [1.807, 2.05) is 31.3 Å². The van der Waals surface area contributed by atoms with Crippen LogP contribution in [0.3, 0.4) is 0 Å². The molecule has 0 aliphatic heterocycles. The van der Waals surface area contributed by atoms with Crippen LogP contribution in [0.25, 0.3) is 0 Å². The van der Waals surface area contributed by atoms with Crippen molar-refractivity contribution in [3.8, 4) is 0 Å². The number of aryl methyl sites for hydroxylation is 1. The molecule has 2 rings (SSSR count). The fourth-order valence-corrected chi connectivity index (χ4v) is 1.93. The van der Waals surface area contributed by atoms with Crippen LogP contribution in [0.5, 0.6) is 0 Å². The molecule has 0 unspecified atom stereocenters. The summed E-state index contributed by atoms with van der Waals surface area (Å²) in [4.78, 5) is 0. The summed E-state index contributed by atoms with van der Waals surface area (Å²) in [6.07, 6.45) is 0. The van der Waals surface area contributed by atoms with Crippen molar-refractivity contribution in [3.05, 3.63) is 35.0 Å². The number of halogens is 1. The Kier molecular flexibility index (Phi) is 3.48. The molecule has 4 nitrogen and oxygen atoms in total. The molecule has 0 fully saturated rings. The quantitative estimate of drug-likeness (QED) is 0.892. The summed E-state index contributed by atoms with van der Waals surface area (Å²) in [5.41, 5.74) is 8.65. The predicted molar refractivity (Wildman–Crippen MR) is 76.4 cm³/mol. The molecule has 5 heteroatoms. The molecule has 96 valence electrons. The number of nitrogen functional groups attached to an aromatic ring is 1. The van der Waals surface area contributed by atoms with Crippen molar-refractivity contribution in [2.24, 2.45) is 7.05 Å². The normalized spacial score (nSPS) is 10.9. The number of anilines is 3. The third kappa shape index (κ3) is 2.43. The zero-order valence-corrected chi connectivity index (χ0v) is 11.5. The molecule has 0 spiro atoms. The maximum absolute atomic E-state index is 6.11. The van der Waals surface area contributed by atoms with Crippen LogP contribution in [0.4, 0.5) is 17.2 Å². The van der Waals surface area contributed by atoms with Crippen molar-refractivity contribution in [1.29, 1.82) is 0 Å². The molecular formula is C13H17ClN4. The van der Waals surface area contributed by atoms with Crippen molar-refractivity contribution in [1.82, 2.24) is 9.78 Å². The van der Waals surface area contributed by atoms with Crippen LogP contribution in [0.2, 0.25) is 5.02 Å². The maximum Gasteiger partial charge on any atom is 0.152 e. The zero-order chi connectivity index (χ0) is 13.3. The van der Waals surface area contributed by atoms with Gasteiger partial charge in [-0.05, 0) is 30.2 Å². The Morgan fingerprint density at radius 3 is 2.39 bits per heavy atom. The second-order valence-electron chi connectivity index (χ2n) is 4.56. The lowest BCUT2D eigenvalue weighted by molar-refractivity contribution is 0.718. The Hall–Kier alpha value is -1.68. The van der Waals surface area contributed by atoms with E-state index in [0.717, 1.165) is 17.2 Å². The fourth-order valence-electron chi connectivity index (χ4n) is 1.81. The molecule has 0 aliphatic rings. The fraction of sp³-hybridized carbons (Fsp3) is 0.308. The minimum atomic E-state index is 0.303. The highest BCUT2D eigenvalue weighted by atomic mass is 35.5. The van der Waals surface area contributed by atoms with Crippen molar-refractivity contribution in [2.75, 3.05) is 11.1 Å². The first-order valence-corrected chi connectivity index (χ1v) is 6.21. The minimum Gasteiger partial charge on any atom is -0.394 e. The number of hydrogen-bond acceptors (Lipinski definition) is 3. The molecule has 0 radical (unpaired) electrons. The summed E-state index contributed by atoms with van der Waals surface area (Å²) in [5.74, 6) is 1.11. The lowest BCUT2D eigenvalue weighted by Crippen LogP contribution is -2.01. The third-order valence-electron chi connectivity index (χ3n) is 2.77. The van der Waals surface area contributed by atoms with Gasteiger partial charge in [-0.1, -0.05) is 25.4 Å². The molecule has 1 aromatic heterocycles. The number of hydrogen-bond donors (Lipinski definition) is 2. The average molecular weight is 265 g/mol. The van der Waals surface area contributed by atoms with Gasteiger partial charge in [0, 0.05) is 17.8 Å². The molecule has 2 aromatic rings. The molecule has 3 N–H and O–H groups in total. The van der Waals surface area contributed by atoms with Gasteiger partial charge in [0.1, 0.15) is 0 Å². The van der Waals surface area contributed by atoms with E-state index in [1.54, 1.807) is 4.68 Å². The third-order valence-corrected chi connectivity index (χ3v) is 3.02. The van der Waals surface area contributed by atoms with Gasteiger partial charge in [0.15, 0.2) is 5.82 Å². The molecule has 0 atom stereocenters. The van der Waals surface area contributed by atoms with E-state index in [9.17, 15) is 0 Å². The predicted octanol–water partition coefficient (Wildman–Crippen LogP) is 3.52. The molecule has 1 aromatic carbocycles. The van der Waals surface area contributed by atoms with E-state index in [-0.39, 0.29) is 0 Å². The summed E-state index contributed by atoms with van der Waals surface area (Å²) in [6.45, 7) is 4.15. The summed E-state index contributed by atoms with van der Waals surface area (Å²) in [6, 6.07) is 7.48. The highest BCUT2D eigenvalue weighted by molar-refractivity contribution is 6.30. The van der Waals surface area contributed by atoms with Gasteiger partial charge in [0.25, 0.3) is 0 Å². The first-order valence-electron chi connectivity index (χ1n) is 5.84. The lowest BCUT2D eigenvalue weighted by Gasteiger charge is -2.08. The highest BCUT2D eigenvalue weighted by Gasteiger charge is 2.15. The average Bonchev–Trinajstić information content (AvgIpc) is 2.60. The van der Waals surface area contributed by atoms with Gasteiger partial charge in [0.05, 0.1) is 11.4 Å². The monoisotopic (exact) mass is 264 g/mol. The summed E-state index contributed by atoms with van der Waals surface area (Å²) in [7, 11) is 1.88. The standard InChI is InChI=1S/C13H17ClN4/c1-8(2)12-11(15)13(18(3)17-12)16-10-6-4-9(14)5-7-10/h4-8,16H,15H2,1-3H3. The van der Waals surface area contributed by atoms with E-state index in [2.05, 4.69) is 24.3 Å². The Labute approximate surface area is 112 Å². The number of aromatic nitrogens is 2. The van der Waals surface area contributed by atoms with E-state index in [4.69, 9.17) is 17.3 Å². The topological polar surface area (TPSA) is 55.9 Å². The maximum atomic E-state index is 6.11. The van der Waals surface area contributed by atoms with Gasteiger partial charge in [-0.3, -0.25) is 4.68 Å². The number of nitrogens with one attached hydrogen (secondary N) is 1. The largest absolute Gasteiger partial charge is 0.394 e. The first-order chi connectivity index (χ1) is 8.49. The van der Waals surface area contributed by atoms with Crippen LogP contribution in [0.15, 0.2) is 24.3 Å². The van der Waals surface area contributed by atoms with Crippen LogP contribution < -0.4 is 11.1 Å². The van der Waals surface area contributed by atoms with Crippen molar-refractivity contribution in [2.45, 2.75) is 19.8 Å². The van der Waals surface area contributed by atoms with Crippen LogP contribution in [-0.4, -0.2) is 9.78 Å². The van der Waals surface area contributed by atoms with Gasteiger partial charge in [-0.15, -0.1) is 0 Å². The van der Waals surface area contributed by atoms with Gasteiger partial charge in [-0.25, -0.2) is 0 Å². The van der Waals surface area contributed by atoms with Crippen molar-refractivity contribution >= 4 is 28.8 Å². The smallest absolute Gasteiger partial charge is 0.152 e. The van der Waals surface area contributed by atoms with E-state index in [0.29, 0.717) is 16.6 Å². The Bertz CT molecular complexity index is 543. The van der Waals surface area contributed by atoms with Crippen molar-refractivity contribution < 1.29 is 0 Å². The van der Waals surface area contributed by atoms with Crippen LogP contribution in [0.1, 0.15) is 25.5 Å². The molecule has 0 aliphatic carbocycles. The van der Waals surface area contributed by atoms with E-state index >= 15 is 0 Å². The SMILES string of the molecule is CC(C)c1nn(C)c(Nc2ccc(Cl)cc2)c1N. The molecule has 0 saturated carbocycles. The minimum absolute atomic E-state index is 0.303. The summed E-state index contributed by atoms with van der Waals surface area (Å²) >= 11 is 5.85. The Morgan fingerprint density at radius 1 is 1.28 bits per heavy atom. The molecule has 0 bridgehead atoms. The molecule has 1 heterocycles. The second-order valence-corrected chi connectivity index (χ2v) is 4.99. The van der Waals surface area contributed by atoms with Crippen LogP contribution in [-0.2, 0) is 7.05 Å². The molecular weight excluding hydrogens is 248 g/mol. The van der Waals surface area contributed by atoms with Gasteiger partial charge in [-0.2, -0.15) is 5.10 Å². The van der Waals surface area contributed by atoms with Gasteiger partial charge < -0.3 is 11.1 Å². The Morgan fingerprint density at radius 2 is 1.89 bits per heavy atom. The van der Waals surface area contributed by atoms with E-state index in [1.165, 1.54) is 0 Å². The first kappa shape index (κ1) is 12.8. The van der Waals surface area contributed by atoms with E-state index < -0.39 is 0 Å². The number of nitrogens with zero attached hydrogens (tertiary/aromatic N) is 2. The summed E-state index contributed by atoms with van der Waals surface area (Å²) in [5, 5.41) is 8.40. The highest BCUT2D eigenvalue weighted by Crippen LogP contribution is 2.30. The van der Waals surface area contributed by atoms with Crippen LogP contribution in [0, 0.1) is 0 Å². The number of rotatable bonds is 3. The molecule has 0 saturated heterocycles. The number of nitrogens with two attached hydrogens (primary N) is 1. The van der Waals surface area contributed by atoms with Gasteiger partial charge in [0.2, 0.25) is 0 Å². The second kappa shape index (κ2) is 4.90. The lowest BCUT2D eigenvalue weighted by atomic mass is 10.1. The Balaban J connectivity index is 2.32. The molecule has 0 amide bonds.